The van der Waals surface area contributed by atoms with Gasteiger partial charge in [0.15, 0.2) is 6.61 Å². The first-order chi connectivity index (χ1) is 11.4. The van der Waals surface area contributed by atoms with Crippen molar-refractivity contribution in [1.82, 2.24) is 4.90 Å². The van der Waals surface area contributed by atoms with E-state index in [0.29, 0.717) is 17.9 Å². The fourth-order valence-electron chi connectivity index (χ4n) is 2.38. The van der Waals surface area contributed by atoms with Crippen LogP contribution in [0, 0.1) is 13.8 Å². The predicted octanol–water partition coefficient (Wildman–Crippen LogP) is 3.04. The summed E-state index contributed by atoms with van der Waals surface area (Å²) in [7, 11) is 1.74. The standard InChI is InChI=1S/C19H21NO4/c1-13-7-8-14(2)16(9-13)11-20(3)19(23)15-5-4-6-17(10-15)24-12-18(21)22/h4-10H,11-12H2,1-3H3,(H,21,22). The number of benzene rings is 2. The van der Waals surface area contributed by atoms with E-state index in [0.717, 1.165) is 16.7 Å². The molecule has 0 saturated carbocycles. The first-order valence-electron chi connectivity index (χ1n) is 7.63. The van der Waals surface area contributed by atoms with Crippen molar-refractivity contribution in [1.29, 1.82) is 0 Å². The average molecular weight is 327 g/mol. The molecule has 126 valence electrons. The molecule has 0 heterocycles. The van der Waals surface area contributed by atoms with Gasteiger partial charge in [0.1, 0.15) is 5.75 Å². The minimum atomic E-state index is -1.06. The van der Waals surface area contributed by atoms with Crippen LogP contribution < -0.4 is 4.74 Å². The molecule has 1 amide bonds. The molecule has 0 aromatic heterocycles. The molecule has 0 atom stereocenters. The molecule has 2 rings (SSSR count). The van der Waals surface area contributed by atoms with Crippen molar-refractivity contribution < 1.29 is 19.4 Å². The molecule has 0 aliphatic carbocycles. The molecule has 0 aliphatic heterocycles. The number of carbonyl (C=O) groups excluding carboxylic acids is 1. The van der Waals surface area contributed by atoms with Gasteiger partial charge in [-0.3, -0.25) is 4.79 Å². The summed E-state index contributed by atoms with van der Waals surface area (Å²) in [5, 5.41) is 8.65. The normalized spacial score (nSPS) is 10.3. The molecule has 5 nitrogen and oxygen atoms in total. The molecule has 2 aromatic carbocycles. The third-order valence-corrected chi connectivity index (χ3v) is 3.70. The Hall–Kier alpha value is -2.82. The zero-order chi connectivity index (χ0) is 17.7. The first kappa shape index (κ1) is 17.5. The highest BCUT2D eigenvalue weighted by Gasteiger charge is 2.14. The van der Waals surface area contributed by atoms with Crippen LogP contribution in [0.3, 0.4) is 0 Å². The maximum absolute atomic E-state index is 12.6. The number of ether oxygens (including phenoxy) is 1. The summed E-state index contributed by atoms with van der Waals surface area (Å²) >= 11 is 0. The molecular weight excluding hydrogens is 306 g/mol. The van der Waals surface area contributed by atoms with Gasteiger partial charge in [-0.05, 0) is 43.2 Å². The Labute approximate surface area is 141 Å². The van der Waals surface area contributed by atoms with Crippen molar-refractivity contribution in [2.45, 2.75) is 20.4 Å². The summed E-state index contributed by atoms with van der Waals surface area (Å²) in [6.07, 6.45) is 0. The lowest BCUT2D eigenvalue weighted by atomic mass is 10.0. The van der Waals surface area contributed by atoms with Crippen LogP contribution in [-0.4, -0.2) is 35.5 Å². The second-order valence-electron chi connectivity index (χ2n) is 5.80. The highest BCUT2D eigenvalue weighted by atomic mass is 16.5. The molecule has 24 heavy (non-hydrogen) atoms. The number of rotatable bonds is 6. The second-order valence-corrected chi connectivity index (χ2v) is 5.80. The van der Waals surface area contributed by atoms with E-state index in [-0.39, 0.29) is 5.91 Å². The third-order valence-electron chi connectivity index (χ3n) is 3.70. The quantitative estimate of drug-likeness (QED) is 0.885. The highest BCUT2D eigenvalue weighted by molar-refractivity contribution is 5.94. The van der Waals surface area contributed by atoms with Crippen molar-refractivity contribution in [2.24, 2.45) is 0 Å². The van der Waals surface area contributed by atoms with Gasteiger partial charge < -0.3 is 14.7 Å². The Kier molecular flexibility index (Phi) is 5.58. The predicted molar refractivity (Wildman–Crippen MR) is 91.3 cm³/mol. The van der Waals surface area contributed by atoms with E-state index in [1.165, 1.54) is 0 Å². The summed E-state index contributed by atoms with van der Waals surface area (Å²) in [5.41, 5.74) is 3.86. The van der Waals surface area contributed by atoms with Crippen LogP contribution in [0.2, 0.25) is 0 Å². The number of aliphatic carboxylic acids is 1. The van der Waals surface area contributed by atoms with Crippen LogP contribution in [0.15, 0.2) is 42.5 Å². The number of nitrogens with zero attached hydrogens (tertiary/aromatic N) is 1. The van der Waals surface area contributed by atoms with Gasteiger partial charge in [0.25, 0.3) is 5.91 Å². The van der Waals surface area contributed by atoms with Crippen LogP contribution in [0.1, 0.15) is 27.0 Å². The van der Waals surface area contributed by atoms with Crippen molar-refractivity contribution in [3.8, 4) is 5.75 Å². The molecule has 0 unspecified atom stereocenters. The van der Waals surface area contributed by atoms with Crippen LogP contribution in [0.4, 0.5) is 0 Å². The molecule has 0 saturated heterocycles. The van der Waals surface area contributed by atoms with Crippen LogP contribution in [0.25, 0.3) is 0 Å². The third kappa shape index (κ3) is 4.59. The Bertz CT molecular complexity index is 755. The van der Waals surface area contributed by atoms with Crippen LogP contribution >= 0.6 is 0 Å². The molecule has 2 aromatic rings. The Morgan fingerprint density at radius 1 is 1.12 bits per heavy atom. The van der Waals surface area contributed by atoms with Gasteiger partial charge in [-0.1, -0.05) is 29.8 Å². The lowest BCUT2D eigenvalue weighted by Crippen LogP contribution is -2.26. The second kappa shape index (κ2) is 7.64. The average Bonchev–Trinajstić information content (AvgIpc) is 2.55. The monoisotopic (exact) mass is 327 g/mol. The molecule has 0 spiro atoms. The summed E-state index contributed by atoms with van der Waals surface area (Å²) in [6, 6.07) is 12.7. The molecule has 5 heteroatoms. The molecule has 0 aliphatic rings. The van der Waals surface area contributed by atoms with E-state index in [9.17, 15) is 9.59 Å². The smallest absolute Gasteiger partial charge is 0.341 e. The molecule has 0 radical (unpaired) electrons. The van der Waals surface area contributed by atoms with Gasteiger partial charge in [-0.25, -0.2) is 4.79 Å². The highest BCUT2D eigenvalue weighted by Crippen LogP contribution is 2.17. The minimum absolute atomic E-state index is 0.142. The first-order valence-corrected chi connectivity index (χ1v) is 7.63. The number of amides is 1. The minimum Gasteiger partial charge on any atom is -0.482 e. The van der Waals surface area contributed by atoms with Crippen LogP contribution in [-0.2, 0) is 11.3 Å². The number of aryl methyl sites for hydroxylation is 2. The number of hydrogen-bond donors (Lipinski definition) is 1. The fourth-order valence-corrected chi connectivity index (χ4v) is 2.38. The number of carboxylic acid groups (broad SMARTS) is 1. The largest absolute Gasteiger partial charge is 0.482 e. The van der Waals surface area contributed by atoms with Gasteiger partial charge in [0, 0.05) is 19.2 Å². The Balaban J connectivity index is 2.11. The van der Waals surface area contributed by atoms with Gasteiger partial charge in [-0.15, -0.1) is 0 Å². The topological polar surface area (TPSA) is 66.8 Å². The van der Waals surface area contributed by atoms with Gasteiger partial charge >= 0.3 is 5.97 Å². The van der Waals surface area contributed by atoms with Crippen molar-refractivity contribution in [2.75, 3.05) is 13.7 Å². The van der Waals surface area contributed by atoms with E-state index >= 15 is 0 Å². The molecular formula is C19H21NO4. The summed E-state index contributed by atoms with van der Waals surface area (Å²) in [5.74, 6) is -0.834. The van der Waals surface area contributed by atoms with E-state index in [4.69, 9.17) is 9.84 Å². The summed E-state index contributed by atoms with van der Waals surface area (Å²) in [4.78, 5) is 24.8. The van der Waals surface area contributed by atoms with Crippen molar-refractivity contribution in [3.05, 3.63) is 64.7 Å². The maximum Gasteiger partial charge on any atom is 0.341 e. The summed E-state index contributed by atoms with van der Waals surface area (Å²) in [6.45, 7) is 4.12. The molecule has 1 N–H and O–H groups in total. The number of carbonyl (C=O) groups is 2. The SMILES string of the molecule is Cc1ccc(C)c(CN(C)C(=O)c2cccc(OCC(=O)O)c2)c1. The van der Waals surface area contributed by atoms with Crippen molar-refractivity contribution >= 4 is 11.9 Å². The lowest BCUT2D eigenvalue weighted by Gasteiger charge is -2.19. The number of carboxylic acids is 1. The van der Waals surface area contributed by atoms with E-state index in [1.807, 2.05) is 26.0 Å². The molecule has 0 bridgehead atoms. The zero-order valence-corrected chi connectivity index (χ0v) is 14.1. The van der Waals surface area contributed by atoms with E-state index in [1.54, 1.807) is 36.2 Å². The van der Waals surface area contributed by atoms with Crippen molar-refractivity contribution in [3.63, 3.8) is 0 Å². The summed E-state index contributed by atoms with van der Waals surface area (Å²) < 4.78 is 5.12. The van der Waals surface area contributed by atoms with E-state index < -0.39 is 12.6 Å². The maximum atomic E-state index is 12.6. The zero-order valence-electron chi connectivity index (χ0n) is 14.1. The Morgan fingerprint density at radius 2 is 1.88 bits per heavy atom. The van der Waals surface area contributed by atoms with Crippen LogP contribution in [0.5, 0.6) is 5.75 Å². The molecule has 0 fully saturated rings. The van der Waals surface area contributed by atoms with Gasteiger partial charge in [-0.2, -0.15) is 0 Å². The number of hydrogen-bond acceptors (Lipinski definition) is 3. The lowest BCUT2D eigenvalue weighted by molar-refractivity contribution is -0.139. The van der Waals surface area contributed by atoms with Gasteiger partial charge in [0.05, 0.1) is 0 Å². The Morgan fingerprint density at radius 3 is 2.58 bits per heavy atom. The van der Waals surface area contributed by atoms with Gasteiger partial charge in [0.2, 0.25) is 0 Å². The fraction of sp³-hybridized carbons (Fsp3) is 0.263. The van der Waals surface area contributed by atoms with E-state index in [2.05, 4.69) is 6.07 Å².